The van der Waals surface area contributed by atoms with E-state index in [0.717, 1.165) is 0 Å². The molecule has 0 amide bonds. The van der Waals surface area contributed by atoms with Gasteiger partial charge in [-0.15, -0.1) is 0 Å². The van der Waals surface area contributed by atoms with Gasteiger partial charge in [-0.05, 0) is 25.7 Å². The van der Waals surface area contributed by atoms with Crippen LogP contribution in [-0.2, 0) is 6.54 Å². The maximum absolute atomic E-state index is 13.2. The molecule has 1 heterocycles. The van der Waals surface area contributed by atoms with Crippen molar-refractivity contribution in [3.05, 3.63) is 16.9 Å². The van der Waals surface area contributed by atoms with Crippen molar-refractivity contribution in [3.63, 3.8) is 0 Å². The summed E-state index contributed by atoms with van der Waals surface area (Å²) in [5.74, 6) is 5.12. The molecule has 0 saturated carbocycles. The van der Waals surface area contributed by atoms with E-state index in [-0.39, 0.29) is 10.7 Å². The SMILES string of the molecule is CN(C)CCn1ncc(Cl)c1C(NN)C(F)(F)Cl. The van der Waals surface area contributed by atoms with Crippen LogP contribution >= 0.6 is 23.2 Å². The van der Waals surface area contributed by atoms with E-state index in [1.807, 2.05) is 24.4 Å². The lowest BCUT2D eigenvalue weighted by Crippen LogP contribution is -2.39. The van der Waals surface area contributed by atoms with Gasteiger partial charge in [0, 0.05) is 6.54 Å². The molecule has 0 aromatic carbocycles. The maximum Gasteiger partial charge on any atom is 0.343 e. The van der Waals surface area contributed by atoms with E-state index in [2.05, 4.69) is 5.10 Å². The molecule has 0 aliphatic rings. The Balaban J connectivity index is 3.02. The number of nitrogens with one attached hydrogen (secondary N) is 1. The van der Waals surface area contributed by atoms with Gasteiger partial charge in [0.25, 0.3) is 0 Å². The van der Waals surface area contributed by atoms with Crippen LogP contribution in [-0.4, -0.2) is 40.7 Å². The number of rotatable bonds is 6. The van der Waals surface area contributed by atoms with Crippen LogP contribution in [0.2, 0.25) is 5.02 Å². The Kier molecular flexibility index (Phi) is 5.30. The number of hydrogen-bond donors (Lipinski definition) is 2. The minimum absolute atomic E-state index is 0.0704. The van der Waals surface area contributed by atoms with Crippen LogP contribution in [0.4, 0.5) is 8.78 Å². The lowest BCUT2D eigenvalue weighted by Gasteiger charge is -2.22. The van der Waals surface area contributed by atoms with Crippen LogP contribution in [0.3, 0.4) is 0 Å². The fraction of sp³-hybridized carbons (Fsp3) is 0.667. The first kappa shape index (κ1) is 15.6. The smallest absolute Gasteiger partial charge is 0.308 e. The van der Waals surface area contributed by atoms with Crippen molar-refractivity contribution in [2.24, 2.45) is 5.84 Å². The summed E-state index contributed by atoms with van der Waals surface area (Å²) in [6, 6.07) is -1.60. The lowest BCUT2D eigenvalue weighted by atomic mass is 10.2. The Morgan fingerprint density at radius 1 is 1.61 bits per heavy atom. The molecule has 0 fully saturated rings. The summed E-state index contributed by atoms with van der Waals surface area (Å²) in [6.45, 7) is 1.02. The fourth-order valence-electron chi connectivity index (χ4n) is 1.46. The van der Waals surface area contributed by atoms with Crippen molar-refractivity contribution in [1.29, 1.82) is 0 Å². The summed E-state index contributed by atoms with van der Waals surface area (Å²) in [4.78, 5) is 1.89. The van der Waals surface area contributed by atoms with Crippen molar-refractivity contribution < 1.29 is 8.78 Å². The minimum atomic E-state index is -3.56. The molecule has 3 N–H and O–H groups in total. The molecule has 104 valence electrons. The normalized spacial score (nSPS) is 14.2. The zero-order chi connectivity index (χ0) is 13.9. The van der Waals surface area contributed by atoms with Crippen molar-refractivity contribution >= 4 is 23.2 Å². The number of nitrogens with zero attached hydrogens (tertiary/aromatic N) is 3. The average molecular weight is 302 g/mol. The molecule has 0 bridgehead atoms. The molecular weight excluding hydrogens is 287 g/mol. The average Bonchev–Trinajstić information content (AvgIpc) is 2.57. The van der Waals surface area contributed by atoms with E-state index in [1.165, 1.54) is 10.9 Å². The molecule has 1 rings (SSSR count). The van der Waals surface area contributed by atoms with E-state index in [0.29, 0.717) is 13.1 Å². The van der Waals surface area contributed by atoms with Crippen LogP contribution in [0.25, 0.3) is 0 Å². The van der Waals surface area contributed by atoms with E-state index in [4.69, 9.17) is 29.0 Å². The van der Waals surface area contributed by atoms with Gasteiger partial charge in [-0.3, -0.25) is 10.5 Å². The highest BCUT2D eigenvalue weighted by molar-refractivity contribution is 6.31. The zero-order valence-corrected chi connectivity index (χ0v) is 11.5. The number of likely N-dealkylation sites (N-methyl/N-ethyl adjacent to an activating group) is 1. The Morgan fingerprint density at radius 3 is 2.67 bits per heavy atom. The van der Waals surface area contributed by atoms with Crippen molar-refractivity contribution in [2.45, 2.75) is 18.0 Å². The molecule has 1 aromatic heterocycles. The Labute approximate surface area is 114 Å². The number of aromatic nitrogens is 2. The molecule has 0 spiro atoms. The van der Waals surface area contributed by atoms with Crippen molar-refractivity contribution in [2.75, 3.05) is 20.6 Å². The van der Waals surface area contributed by atoms with Gasteiger partial charge in [0.2, 0.25) is 0 Å². The van der Waals surface area contributed by atoms with Gasteiger partial charge in [-0.1, -0.05) is 11.6 Å². The van der Waals surface area contributed by atoms with E-state index in [9.17, 15) is 8.78 Å². The first-order valence-electron chi connectivity index (χ1n) is 5.16. The number of hydrazine groups is 1. The van der Waals surface area contributed by atoms with Gasteiger partial charge in [-0.25, -0.2) is 5.43 Å². The third-order valence-electron chi connectivity index (χ3n) is 2.36. The summed E-state index contributed by atoms with van der Waals surface area (Å²) in [6.07, 6.45) is 1.29. The molecule has 18 heavy (non-hydrogen) atoms. The molecule has 9 heteroatoms. The third-order valence-corrected chi connectivity index (χ3v) is 2.87. The quantitative estimate of drug-likeness (QED) is 0.474. The van der Waals surface area contributed by atoms with Crippen LogP contribution in [0.1, 0.15) is 11.7 Å². The maximum atomic E-state index is 13.2. The largest absolute Gasteiger partial charge is 0.343 e. The third kappa shape index (κ3) is 3.76. The van der Waals surface area contributed by atoms with Gasteiger partial charge >= 0.3 is 5.38 Å². The van der Waals surface area contributed by atoms with Crippen LogP contribution in [0.15, 0.2) is 6.20 Å². The summed E-state index contributed by atoms with van der Waals surface area (Å²) in [5.41, 5.74) is 2.04. The Bertz CT molecular complexity index is 391. The van der Waals surface area contributed by atoms with Crippen LogP contribution in [0.5, 0.6) is 0 Å². The van der Waals surface area contributed by atoms with Gasteiger partial charge in [0.1, 0.15) is 6.04 Å². The number of halogens is 4. The molecular formula is C9H15Cl2F2N5. The van der Waals surface area contributed by atoms with Gasteiger partial charge < -0.3 is 4.90 Å². The summed E-state index contributed by atoms with van der Waals surface area (Å²) >= 11 is 10.9. The molecule has 0 aliphatic heterocycles. The van der Waals surface area contributed by atoms with Crippen molar-refractivity contribution in [1.82, 2.24) is 20.1 Å². The second kappa shape index (κ2) is 6.12. The molecule has 1 atom stereocenters. The highest BCUT2D eigenvalue weighted by atomic mass is 35.5. The first-order valence-corrected chi connectivity index (χ1v) is 5.91. The van der Waals surface area contributed by atoms with E-state index in [1.54, 1.807) is 0 Å². The number of hydrogen-bond acceptors (Lipinski definition) is 4. The molecule has 5 nitrogen and oxygen atoms in total. The van der Waals surface area contributed by atoms with Crippen LogP contribution in [0, 0.1) is 0 Å². The van der Waals surface area contributed by atoms with E-state index < -0.39 is 11.4 Å². The standard InChI is InChI=1S/C9H15Cl2F2N5/c1-17(2)3-4-18-7(6(10)5-15-18)8(16-14)9(11,12)13/h5,8,16H,3-4,14H2,1-2H3. The predicted octanol–water partition coefficient (Wildman–Crippen LogP) is 1.43. The second-order valence-corrected chi connectivity index (χ2v) is 4.96. The second-order valence-electron chi connectivity index (χ2n) is 4.05. The number of nitrogens with two attached hydrogens (primary N) is 1. The summed E-state index contributed by atoms with van der Waals surface area (Å²) in [7, 11) is 3.72. The van der Waals surface area contributed by atoms with Gasteiger partial charge in [-0.2, -0.15) is 13.9 Å². The summed E-state index contributed by atoms with van der Waals surface area (Å²) < 4.78 is 27.8. The lowest BCUT2D eigenvalue weighted by molar-refractivity contribution is 0.0460. The Morgan fingerprint density at radius 2 is 2.22 bits per heavy atom. The molecule has 0 aliphatic carbocycles. The monoisotopic (exact) mass is 301 g/mol. The predicted molar refractivity (Wildman–Crippen MR) is 66.7 cm³/mol. The van der Waals surface area contributed by atoms with Gasteiger partial charge in [0.15, 0.2) is 0 Å². The van der Waals surface area contributed by atoms with Crippen molar-refractivity contribution in [3.8, 4) is 0 Å². The molecule has 1 unspecified atom stereocenters. The first-order chi connectivity index (χ1) is 8.27. The van der Waals surface area contributed by atoms with E-state index >= 15 is 0 Å². The molecule has 0 saturated heterocycles. The molecule has 0 radical (unpaired) electrons. The minimum Gasteiger partial charge on any atom is -0.308 e. The summed E-state index contributed by atoms with van der Waals surface area (Å²) in [5, 5.41) is 0.474. The van der Waals surface area contributed by atoms with Gasteiger partial charge in [0.05, 0.1) is 23.5 Å². The molecule has 1 aromatic rings. The highest BCUT2D eigenvalue weighted by Gasteiger charge is 2.41. The fourth-order valence-corrected chi connectivity index (χ4v) is 1.88. The Hall–Kier alpha value is -0.470. The topological polar surface area (TPSA) is 59.1 Å². The highest BCUT2D eigenvalue weighted by Crippen LogP contribution is 2.37. The number of alkyl halides is 3. The van der Waals surface area contributed by atoms with Crippen LogP contribution < -0.4 is 11.3 Å². The zero-order valence-electron chi connectivity index (χ0n) is 10.00.